The Kier molecular flexibility index (Phi) is 4.55. The maximum atomic E-state index is 12.8. The van der Waals surface area contributed by atoms with Crippen molar-refractivity contribution >= 4 is 40.0 Å². The Morgan fingerprint density at radius 1 is 1.28 bits per heavy atom. The number of nitrogens with one attached hydrogen (secondary N) is 1. The molecule has 0 bridgehead atoms. The average molecular weight is 392 g/mol. The Bertz CT molecular complexity index is 1190. The van der Waals surface area contributed by atoms with Crippen LogP contribution in [-0.4, -0.2) is 40.4 Å². The zero-order chi connectivity index (χ0) is 20.5. The summed E-state index contributed by atoms with van der Waals surface area (Å²) < 4.78 is 6.57. The summed E-state index contributed by atoms with van der Waals surface area (Å²) >= 11 is 0. The number of carbonyl (C=O) groups is 2. The third-order valence-electron chi connectivity index (χ3n) is 4.52. The predicted octanol–water partition coefficient (Wildman–Crippen LogP) is 3.34. The van der Waals surface area contributed by atoms with Crippen LogP contribution in [0.5, 0.6) is 0 Å². The number of fused-ring (bicyclic) bond motifs is 3. The molecule has 0 spiro atoms. The van der Waals surface area contributed by atoms with Crippen molar-refractivity contribution in [2.24, 2.45) is 4.99 Å². The van der Waals surface area contributed by atoms with Crippen molar-refractivity contribution < 1.29 is 19.2 Å². The summed E-state index contributed by atoms with van der Waals surface area (Å²) in [6.07, 6.45) is -0.626. The van der Waals surface area contributed by atoms with Crippen LogP contribution in [0.1, 0.15) is 18.2 Å². The molecule has 1 aliphatic heterocycles. The van der Waals surface area contributed by atoms with Gasteiger partial charge in [-0.05, 0) is 13.0 Å². The van der Waals surface area contributed by atoms with Gasteiger partial charge in [0.25, 0.3) is 5.69 Å². The maximum Gasteiger partial charge on any atom is 0.419 e. The summed E-state index contributed by atoms with van der Waals surface area (Å²) in [5.74, 6) is -0.349. The Balaban J connectivity index is 2.05. The number of para-hydroxylation sites is 1. The first-order valence-corrected chi connectivity index (χ1v) is 8.91. The van der Waals surface area contributed by atoms with E-state index in [1.54, 1.807) is 37.3 Å². The van der Waals surface area contributed by atoms with Crippen LogP contribution in [0.4, 0.5) is 16.2 Å². The van der Waals surface area contributed by atoms with Crippen LogP contribution in [0.25, 0.3) is 10.9 Å². The molecule has 9 heteroatoms. The standard InChI is InChI=1S/C20H16N4O5/c1-2-29-20(26)23-15-9-4-3-8-14(15)18-19(23)17(21-11-16(25)22-18)12-6-5-7-13(10-12)24(27)28/h3-10H,2,11H2,1H3,(H,22,25). The van der Waals surface area contributed by atoms with Crippen molar-refractivity contribution in [3.8, 4) is 0 Å². The Morgan fingerprint density at radius 2 is 2.07 bits per heavy atom. The van der Waals surface area contributed by atoms with Gasteiger partial charge in [0.2, 0.25) is 5.91 Å². The number of benzene rings is 2. The summed E-state index contributed by atoms with van der Waals surface area (Å²) in [5, 5.41) is 14.7. The lowest BCUT2D eigenvalue weighted by Crippen LogP contribution is -2.20. The molecule has 9 nitrogen and oxygen atoms in total. The molecule has 0 radical (unpaired) electrons. The molecular formula is C20H16N4O5. The van der Waals surface area contributed by atoms with Crippen molar-refractivity contribution in [2.75, 3.05) is 18.5 Å². The van der Waals surface area contributed by atoms with E-state index in [1.807, 2.05) is 0 Å². The number of ether oxygens (including phenoxy) is 1. The number of hydrogen-bond donors (Lipinski definition) is 1. The summed E-state index contributed by atoms with van der Waals surface area (Å²) in [6.45, 7) is 1.68. The van der Waals surface area contributed by atoms with Crippen molar-refractivity contribution in [3.63, 3.8) is 0 Å². The minimum absolute atomic E-state index is 0.117. The Hall–Kier alpha value is -4.01. The second-order valence-electron chi connectivity index (χ2n) is 6.30. The Labute approximate surface area is 164 Å². The molecule has 3 aromatic rings. The van der Waals surface area contributed by atoms with Crippen LogP contribution in [-0.2, 0) is 9.53 Å². The third kappa shape index (κ3) is 3.12. The molecule has 1 aliphatic rings. The summed E-state index contributed by atoms with van der Waals surface area (Å²) in [4.78, 5) is 40.2. The van der Waals surface area contributed by atoms with E-state index in [1.165, 1.54) is 22.8 Å². The molecule has 4 rings (SSSR count). The largest absolute Gasteiger partial charge is 0.449 e. The summed E-state index contributed by atoms with van der Waals surface area (Å²) in [7, 11) is 0. The second-order valence-corrected chi connectivity index (χ2v) is 6.30. The molecular weight excluding hydrogens is 376 g/mol. The van der Waals surface area contributed by atoms with Crippen molar-refractivity contribution in [1.82, 2.24) is 4.57 Å². The molecule has 1 aromatic heterocycles. The van der Waals surface area contributed by atoms with Gasteiger partial charge >= 0.3 is 6.09 Å². The predicted molar refractivity (Wildman–Crippen MR) is 107 cm³/mol. The highest BCUT2D eigenvalue weighted by Gasteiger charge is 2.29. The number of nitro groups is 1. The quantitative estimate of drug-likeness (QED) is 0.542. The minimum atomic E-state index is -0.626. The lowest BCUT2D eigenvalue weighted by molar-refractivity contribution is -0.384. The van der Waals surface area contributed by atoms with Crippen molar-refractivity contribution in [3.05, 3.63) is 69.9 Å². The van der Waals surface area contributed by atoms with E-state index in [9.17, 15) is 19.7 Å². The molecule has 1 amide bonds. The second kappa shape index (κ2) is 7.19. The summed E-state index contributed by atoms with van der Waals surface area (Å²) in [5.41, 5.74) is 1.89. The zero-order valence-corrected chi connectivity index (χ0v) is 15.4. The minimum Gasteiger partial charge on any atom is -0.449 e. The third-order valence-corrected chi connectivity index (χ3v) is 4.52. The van der Waals surface area contributed by atoms with Crippen LogP contribution in [0, 0.1) is 10.1 Å². The fourth-order valence-corrected chi connectivity index (χ4v) is 3.37. The molecule has 0 saturated heterocycles. The molecule has 146 valence electrons. The first-order valence-electron chi connectivity index (χ1n) is 8.91. The fraction of sp³-hybridized carbons (Fsp3) is 0.150. The molecule has 0 unspecified atom stereocenters. The fourth-order valence-electron chi connectivity index (χ4n) is 3.37. The van der Waals surface area contributed by atoms with Gasteiger partial charge in [0.15, 0.2) is 0 Å². The SMILES string of the molecule is CCOC(=O)n1c2c(c3ccccc31)NC(=O)CN=C2c1cccc([N+](=O)[O-])c1. The number of anilines is 1. The number of non-ortho nitro benzene ring substituents is 1. The van der Waals surface area contributed by atoms with Gasteiger partial charge in [0.1, 0.15) is 12.2 Å². The van der Waals surface area contributed by atoms with Crippen LogP contribution < -0.4 is 5.32 Å². The van der Waals surface area contributed by atoms with Gasteiger partial charge in [0.05, 0.1) is 28.4 Å². The van der Waals surface area contributed by atoms with E-state index in [-0.39, 0.29) is 24.7 Å². The van der Waals surface area contributed by atoms with Crippen molar-refractivity contribution in [2.45, 2.75) is 6.92 Å². The topological polar surface area (TPSA) is 116 Å². The maximum absolute atomic E-state index is 12.8. The number of nitrogens with zero attached hydrogens (tertiary/aromatic N) is 3. The van der Waals surface area contributed by atoms with Gasteiger partial charge in [-0.1, -0.05) is 30.3 Å². The van der Waals surface area contributed by atoms with E-state index in [0.29, 0.717) is 33.6 Å². The van der Waals surface area contributed by atoms with Gasteiger partial charge in [-0.15, -0.1) is 0 Å². The van der Waals surface area contributed by atoms with Gasteiger partial charge in [-0.2, -0.15) is 0 Å². The van der Waals surface area contributed by atoms with Crippen LogP contribution >= 0.6 is 0 Å². The first kappa shape index (κ1) is 18.4. The average Bonchev–Trinajstić information content (AvgIpc) is 2.92. The zero-order valence-electron chi connectivity index (χ0n) is 15.4. The molecule has 1 N–H and O–H groups in total. The highest BCUT2D eigenvalue weighted by Crippen LogP contribution is 2.35. The highest BCUT2D eigenvalue weighted by atomic mass is 16.6. The monoisotopic (exact) mass is 392 g/mol. The molecule has 2 aromatic carbocycles. The van der Waals surface area contributed by atoms with Gasteiger partial charge in [-0.25, -0.2) is 9.36 Å². The number of rotatable bonds is 3. The van der Waals surface area contributed by atoms with Gasteiger partial charge < -0.3 is 10.1 Å². The van der Waals surface area contributed by atoms with Crippen molar-refractivity contribution in [1.29, 1.82) is 0 Å². The lowest BCUT2D eigenvalue weighted by atomic mass is 10.0. The number of hydrogen-bond acceptors (Lipinski definition) is 6. The molecule has 0 fully saturated rings. The van der Waals surface area contributed by atoms with Gasteiger partial charge in [0, 0.05) is 23.1 Å². The molecule has 0 saturated carbocycles. The lowest BCUT2D eigenvalue weighted by Gasteiger charge is -2.12. The molecule has 29 heavy (non-hydrogen) atoms. The Morgan fingerprint density at radius 3 is 2.83 bits per heavy atom. The van der Waals surface area contributed by atoms with E-state index in [0.717, 1.165) is 0 Å². The first-order chi connectivity index (χ1) is 14.0. The van der Waals surface area contributed by atoms with Crippen LogP contribution in [0.15, 0.2) is 53.5 Å². The van der Waals surface area contributed by atoms with Crippen LogP contribution in [0.2, 0.25) is 0 Å². The number of aliphatic imine (C=N–C) groups is 1. The number of carbonyl (C=O) groups excluding carboxylic acids is 2. The normalized spacial score (nSPS) is 13.3. The number of nitro benzene ring substituents is 1. The number of amides is 1. The smallest absolute Gasteiger partial charge is 0.419 e. The van der Waals surface area contributed by atoms with Gasteiger partial charge in [-0.3, -0.25) is 19.9 Å². The van der Waals surface area contributed by atoms with Crippen LogP contribution in [0.3, 0.4) is 0 Å². The van der Waals surface area contributed by atoms with E-state index in [4.69, 9.17) is 4.74 Å². The summed E-state index contributed by atoms with van der Waals surface area (Å²) in [6, 6.07) is 13.0. The number of aromatic nitrogens is 1. The highest BCUT2D eigenvalue weighted by molar-refractivity contribution is 6.24. The molecule has 2 heterocycles. The van der Waals surface area contributed by atoms with E-state index in [2.05, 4.69) is 10.3 Å². The molecule has 0 atom stereocenters. The molecule has 0 aliphatic carbocycles. The van der Waals surface area contributed by atoms with E-state index >= 15 is 0 Å². The van der Waals surface area contributed by atoms with E-state index < -0.39 is 11.0 Å².